The van der Waals surface area contributed by atoms with Gasteiger partial charge in [-0.25, -0.2) is 0 Å². The van der Waals surface area contributed by atoms with Gasteiger partial charge in [0.2, 0.25) is 0 Å². The Morgan fingerprint density at radius 2 is 1.24 bits per heavy atom. The second-order valence-corrected chi connectivity index (χ2v) is 20.2. The second-order valence-electron chi connectivity index (χ2n) is 15.4. The highest BCUT2D eigenvalue weighted by molar-refractivity contribution is 6.74. The number of Topliss-reactive ketones (excluding diaryl/α,β-unsaturated/α-hetero) is 1. The molecule has 1 aliphatic rings. The van der Waals surface area contributed by atoms with Crippen LogP contribution < -0.4 is 4.74 Å². The minimum atomic E-state index is -2.51. The standard InChI is InChI=1S/C41H56O8Si/c1-28-34(43)36(45-25-30-17-13-11-14-18-30)39(49-50(9,10)40(3,4)5)41(6,7)38(47-27-32-21-23-33(44-8)24-22-32)37(35(28)48-29(2)42)46-26-31-19-15-12-16-20-31/h11-24,28,35-39H,25-27H2,1-10H3/t28-,35-,36-,37-,38-,39-/m0/s1. The van der Waals surface area contributed by atoms with Crippen molar-refractivity contribution >= 4 is 20.1 Å². The molecule has 0 aromatic heterocycles. The number of ketones is 1. The van der Waals surface area contributed by atoms with Crippen LogP contribution in [0.5, 0.6) is 5.75 Å². The quantitative estimate of drug-likeness (QED) is 0.130. The molecular formula is C41H56O8Si. The Hall–Kier alpha value is -3.34. The van der Waals surface area contributed by atoms with Crippen LogP contribution in [0.2, 0.25) is 18.1 Å². The minimum Gasteiger partial charge on any atom is -0.497 e. The molecule has 0 spiro atoms. The van der Waals surface area contributed by atoms with Crippen LogP contribution in [-0.2, 0) is 52.8 Å². The van der Waals surface area contributed by atoms with Gasteiger partial charge in [-0.15, -0.1) is 0 Å². The van der Waals surface area contributed by atoms with Gasteiger partial charge in [0, 0.05) is 12.3 Å². The lowest BCUT2D eigenvalue weighted by molar-refractivity contribution is -0.226. The van der Waals surface area contributed by atoms with E-state index in [4.69, 9.17) is 28.1 Å². The van der Waals surface area contributed by atoms with Crippen molar-refractivity contribution in [2.24, 2.45) is 11.3 Å². The maximum absolute atomic E-state index is 14.8. The third kappa shape index (κ3) is 9.70. The number of carbonyl (C=O) groups excluding carboxylic acids is 2. The minimum absolute atomic E-state index is 0.160. The zero-order valence-corrected chi connectivity index (χ0v) is 32.4. The SMILES string of the molecule is COc1ccc(CO[C@H]2[C@@H](OCc3ccccc3)[C@@H](OC(C)=O)[C@@H](C)C(=O)[C@H](OCc3ccccc3)[C@H](O[Si](C)(C)C(C)(C)C)C2(C)C)cc1. The Balaban J connectivity index is 1.87. The monoisotopic (exact) mass is 704 g/mol. The highest BCUT2D eigenvalue weighted by Gasteiger charge is 2.58. The van der Waals surface area contributed by atoms with Gasteiger partial charge in [0.25, 0.3) is 0 Å². The highest BCUT2D eigenvalue weighted by atomic mass is 28.4. The molecule has 3 aromatic rings. The first-order chi connectivity index (χ1) is 23.5. The molecule has 0 heterocycles. The van der Waals surface area contributed by atoms with E-state index in [-0.39, 0.29) is 30.6 Å². The van der Waals surface area contributed by atoms with Crippen LogP contribution in [0.1, 0.15) is 65.2 Å². The number of esters is 1. The third-order valence-electron chi connectivity index (χ3n) is 10.3. The molecule has 6 atom stereocenters. The molecule has 0 radical (unpaired) electrons. The van der Waals surface area contributed by atoms with Gasteiger partial charge in [-0.2, -0.15) is 0 Å². The first-order valence-electron chi connectivity index (χ1n) is 17.5. The fraction of sp³-hybridized carbons (Fsp3) is 0.512. The van der Waals surface area contributed by atoms with Crippen molar-refractivity contribution in [2.75, 3.05) is 7.11 Å². The van der Waals surface area contributed by atoms with Crippen molar-refractivity contribution < 1.29 is 37.7 Å². The summed E-state index contributed by atoms with van der Waals surface area (Å²) in [7, 11) is -0.880. The summed E-state index contributed by atoms with van der Waals surface area (Å²) in [6.45, 7) is 18.8. The number of hydrogen-bond acceptors (Lipinski definition) is 8. The Kier molecular flexibility index (Phi) is 13.2. The molecule has 0 unspecified atom stereocenters. The smallest absolute Gasteiger partial charge is 0.303 e. The molecule has 8 nitrogen and oxygen atoms in total. The highest BCUT2D eigenvalue weighted by Crippen LogP contribution is 2.46. The lowest BCUT2D eigenvalue weighted by atomic mass is 9.69. The van der Waals surface area contributed by atoms with E-state index < -0.39 is 56.1 Å². The second kappa shape index (κ2) is 16.8. The van der Waals surface area contributed by atoms with Crippen LogP contribution in [0.3, 0.4) is 0 Å². The van der Waals surface area contributed by atoms with Crippen LogP contribution in [0.4, 0.5) is 0 Å². The molecule has 9 heteroatoms. The van der Waals surface area contributed by atoms with Crippen LogP contribution in [0.15, 0.2) is 84.9 Å². The summed E-state index contributed by atoms with van der Waals surface area (Å²) >= 11 is 0. The van der Waals surface area contributed by atoms with Gasteiger partial charge in [0.05, 0.1) is 45.1 Å². The molecule has 1 aliphatic carbocycles. The zero-order valence-electron chi connectivity index (χ0n) is 31.4. The molecular weight excluding hydrogens is 649 g/mol. The largest absolute Gasteiger partial charge is 0.497 e. The van der Waals surface area contributed by atoms with Gasteiger partial charge < -0.3 is 28.1 Å². The zero-order chi connectivity index (χ0) is 36.7. The van der Waals surface area contributed by atoms with Crippen molar-refractivity contribution in [1.82, 2.24) is 0 Å². The summed E-state index contributed by atoms with van der Waals surface area (Å²) in [5.41, 5.74) is 1.92. The van der Waals surface area contributed by atoms with Crippen molar-refractivity contribution in [2.45, 2.75) is 117 Å². The molecule has 0 saturated heterocycles. The van der Waals surface area contributed by atoms with Gasteiger partial charge in [0.1, 0.15) is 24.1 Å². The lowest BCUT2D eigenvalue weighted by Gasteiger charge is -2.53. The molecule has 50 heavy (non-hydrogen) atoms. The molecule has 272 valence electrons. The van der Waals surface area contributed by atoms with Crippen LogP contribution in [-0.4, -0.2) is 57.7 Å². The summed E-state index contributed by atoms with van der Waals surface area (Å²) in [6.07, 6.45) is -4.18. The van der Waals surface area contributed by atoms with Gasteiger partial charge in [0.15, 0.2) is 14.1 Å². The lowest BCUT2D eigenvalue weighted by Crippen LogP contribution is -2.66. The maximum Gasteiger partial charge on any atom is 0.303 e. The summed E-state index contributed by atoms with van der Waals surface area (Å²) in [5.74, 6) is -0.765. The van der Waals surface area contributed by atoms with E-state index in [1.807, 2.05) is 84.9 Å². The van der Waals surface area contributed by atoms with Gasteiger partial charge >= 0.3 is 5.97 Å². The van der Waals surface area contributed by atoms with Crippen LogP contribution in [0.25, 0.3) is 0 Å². The summed E-state index contributed by atoms with van der Waals surface area (Å²) in [5, 5.41) is -0.160. The van der Waals surface area contributed by atoms with E-state index in [2.05, 4.69) is 47.7 Å². The number of hydrogen-bond donors (Lipinski definition) is 0. The van der Waals surface area contributed by atoms with Crippen molar-refractivity contribution in [1.29, 1.82) is 0 Å². The normalized spacial score (nSPS) is 24.2. The first-order valence-corrected chi connectivity index (χ1v) is 20.4. The van der Waals surface area contributed by atoms with Crippen LogP contribution >= 0.6 is 0 Å². The third-order valence-corrected chi connectivity index (χ3v) is 14.7. The summed E-state index contributed by atoms with van der Waals surface area (Å²) in [6, 6.07) is 27.3. The van der Waals surface area contributed by atoms with E-state index in [9.17, 15) is 9.59 Å². The van der Waals surface area contributed by atoms with E-state index in [0.717, 1.165) is 22.4 Å². The Labute approximate surface area is 299 Å². The van der Waals surface area contributed by atoms with E-state index in [1.165, 1.54) is 6.92 Å². The Bertz CT molecular complexity index is 1520. The van der Waals surface area contributed by atoms with E-state index >= 15 is 0 Å². The maximum atomic E-state index is 14.8. The number of benzene rings is 3. The molecule has 4 rings (SSSR count). The van der Waals surface area contributed by atoms with Crippen molar-refractivity contribution in [3.05, 3.63) is 102 Å². The Morgan fingerprint density at radius 1 is 0.740 bits per heavy atom. The molecule has 0 aliphatic heterocycles. The van der Waals surface area contributed by atoms with Crippen molar-refractivity contribution in [3.63, 3.8) is 0 Å². The van der Waals surface area contributed by atoms with Crippen molar-refractivity contribution in [3.8, 4) is 5.75 Å². The number of carbonyl (C=O) groups is 2. The fourth-order valence-corrected chi connectivity index (χ4v) is 7.58. The first kappa shape index (κ1) is 39.4. The van der Waals surface area contributed by atoms with Crippen LogP contribution in [0, 0.1) is 11.3 Å². The predicted molar refractivity (Wildman–Crippen MR) is 197 cm³/mol. The average molecular weight is 705 g/mol. The number of methoxy groups -OCH3 is 1. The molecule has 0 bridgehead atoms. The Morgan fingerprint density at radius 3 is 1.74 bits per heavy atom. The molecule has 1 saturated carbocycles. The fourth-order valence-electron chi connectivity index (χ4n) is 6.17. The van der Waals surface area contributed by atoms with Gasteiger partial charge in [-0.05, 0) is 47.0 Å². The molecule has 3 aromatic carbocycles. The molecule has 0 N–H and O–H groups in total. The average Bonchev–Trinajstić information content (AvgIpc) is 3.08. The summed E-state index contributed by atoms with van der Waals surface area (Å²) in [4.78, 5) is 27.6. The predicted octanol–water partition coefficient (Wildman–Crippen LogP) is 8.32. The van der Waals surface area contributed by atoms with E-state index in [1.54, 1.807) is 14.0 Å². The topological polar surface area (TPSA) is 89.5 Å². The molecule has 0 amide bonds. The molecule has 1 fully saturated rings. The number of ether oxygens (including phenoxy) is 5. The van der Waals surface area contributed by atoms with Gasteiger partial charge in [-0.1, -0.05) is 114 Å². The van der Waals surface area contributed by atoms with E-state index in [0.29, 0.717) is 0 Å². The number of rotatable bonds is 13. The van der Waals surface area contributed by atoms with Gasteiger partial charge in [-0.3, -0.25) is 9.59 Å². The summed E-state index contributed by atoms with van der Waals surface area (Å²) < 4.78 is 39.1.